The molecule has 39 heavy (non-hydrogen) atoms. The van der Waals surface area contributed by atoms with Crippen LogP contribution in [0.15, 0.2) is 42.5 Å². The quantitative estimate of drug-likeness (QED) is 0.153. The summed E-state index contributed by atoms with van der Waals surface area (Å²) in [6, 6.07) is 6.69. The van der Waals surface area contributed by atoms with Crippen molar-refractivity contribution >= 4 is 75.3 Å². The van der Waals surface area contributed by atoms with Gasteiger partial charge in [0.25, 0.3) is 5.91 Å². The number of nitrogen functional groups attached to an aromatic ring is 1. The minimum atomic E-state index is -4.98. The standard InChI is InChI=1S/C24H13Cl4F6N3O2/c25-12-2-1-9(7-10(12)21(38)37-15-4-3-13(29)20(35)19(15)31)36-22(39)17-16(23(17,27)28)8-5-11(24(32,33)34)18(26)14(30)6-8/h1-7,16-17H,35H2,(H,36,39)(H,37,38)/t16-,17-/m1/s1. The normalized spacial score (nSPS) is 18.0. The lowest BCUT2D eigenvalue weighted by molar-refractivity contribution is -0.137. The Bertz CT molecular complexity index is 1520. The van der Waals surface area contributed by atoms with E-state index in [0.29, 0.717) is 12.1 Å². The van der Waals surface area contributed by atoms with E-state index < -0.39 is 73.6 Å². The predicted molar refractivity (Wildman–Crippen MR) is 136 cm³/mol. The highest BCUT2D eigenvalue weighted by molar-refractivity contribution is 6.53. The summed E-state index contributed by atoms with van der Waals surface area (Å²) >= 11 is 23.9. The van der Waals surface area contributed by atoms with Gasteiger partial charge in [-0.25, -0.2) is 13.2 Å². The first-order chi connectivity index (χ1) is 18.0. The molecule has 1 aliphatic carbocycles. The molecule has 206 valence electrons. The van der Waals surface area contributed by atoms with Crippen LogP contribution < -0.4 is 16.4 Å². The van der Waals surface area contributed by atoms with Crippen molar-refractivity contribution in [1.82, 2.24) is 0 Å². The highest BCUT2D eigenvalue weighted by Gasteiger charge is 2.68. The van der Waals surface area contributed by atoms with Crippen molar-refractivity contribution in [3.63, 3.8) is 0 Å². The number of benzene rings is 3. The Hall–Kier alpha value is -2.86. The molecule has 0 bridgehead atoms. The number of nitrogens with two attached hydrogens (primary N) is 1. The maximum atomic E-state index is 14.2. The minimum absolute atomic E-state index is 0.0123. The van der Waals surface area contributed by atoms with Crippen molar-refractivity contribution in [2.75, 3.05) is 16.4 Å². The summed E-state index contributed by atoms with van der Waals surface area (Å²) in [5.41, 5.74) is 2.03. The maximum Gasteiger partial charge on any atom is 0.417 e. The molecule has 1 aliphatic rings. The van der Waals surface area contributed by atoms with E-state index in [-0.39, 0.29) is 21.8 Å². The van der Waals surface area contributed by atoms with Crippen LogP contribution in [0, 0.1) is 23.4 Å². The van der Waals surface area contributed by atoms with Crippen LogP contribution in [0.5, 0.6) is 0 Å². The van der Waals surface area contributed by atoms with Crippen LogP contribution in [0.2, 0.25) is 10.0 Å². The Balaban J connectivity index is 1.55. The molecular formula is C24H13Cl4F6N3O2. The van der Waals surface area contributed by atoms with Crippen LogP contribution in [0.3, 0.4) is 0 Å². The molecule has 2 amide bonds. The van der Waals surface area contributed by atoms with Crippen molar-refractivity contribution in [2.45, 2.75) is 16.4 Å². The number of anilines is 3. The summed E-state index contributed by atoms with van der Waals surface area (Å²) < 4.78 is 79.7. The molecule has 0 saturated heterocycles. The van der Waals surface area contributed by atoms with Gasteiger partial charge in [0, 0.05) is 11.6 Å². The highest BCUT2D eigenvalue weighted by atomic mass is 35.5. The number of carbonyl (C=O) groups excluding carboxylic acids is 2. The van der Waals surface area contributed by atoms with Crippen molar-refractivity contribution in [2.24, 2.45) is 5.92 Å². The zero-order valence-corrected chi connectivity index (χ0v) is 21.9. The molecular weight excluding hydrogens is 618 g/mol. The molecule has 1 saturated carbocycles. The lowest BCUT2D eigenvalue weighted by Gasteiger charge is -2.12. The second-order valence-electron chi connectivity index (χ2n) is 8.45. The Kier molecular flexibility index (Phi) is 7.67. The number of rotatable bonds is 5. The molecule has 0 aromatic heterocycles. The van der Waals surface area contributed by atoms with Gasteiger partial charge in [0.05, 0.1) is 32.8 Å². The van der Waals surface area contributed by atoms with Crippen LogP contribution in [0.25, 0.3) is 0 Å². The van der Waals surface area contributed by atoms with Crippen LogP contribution in [-0.4, -0.2) is 16.1 Å². The van der Waals surface area contributed by atoms with Gasteiger partial charge in [-0.15, -0.1) is 23.2 Å². The van der Waals surface area contributed by atoms with Gasteiger partial charge in [-0.1, -0.05) is 23.2 Å². The summed E-state index contributed by atoms with van der Waals surface area (Å²) in [5.74, 6) is -7.95. The molecule has 2 atom stereocenters. The molecule has 4 N–H and O–H groups in total. The zero-order valence-electron chi connectivity index (χ0n) is 18.9. The summed E-state index contributed by atoms with van der Waals surface area (Å²) in [7, 11) is 0. The molecule has 0 aliphatic heterocycles. The van der Waals surface area contributed by atoms with E-state index in [1.165, 1.54) is 12.1 Å². The average Bonchev–Trinajstić information content (AvgIpc) is 3.43. The summed E-state index contributed by atoms with van der Waals surface area (Å²) in [6.45, 7) is 0. The largest absolute Gasteiger partial charge is 0.417 e. The molecule has 1 fully saturated rings. The third-order valence-electron chi connectivity index (χ3n) is 5.90. The van der Waals surface area contributed by atoms with Gasteiger partial charge in [-0.2, -0.15) is 13.2 Å². The fraction of sp³-hybridized carbons (Fsp3) is 0.167. The molecule has 5 nitrogen and oxygen atoms in total. The first kappa shape index (κ1) is 29.1. The third-order valence-corrected chi connectivity index (χ3v) is 7.56. The zero-order chi connectivity index (χ0) is 29.0. The third kappa shape index (κ3) is 5.58. The summed E-state index contributed by atoms with van der Waals surface area (Å²) in [6.07, 6.45) is -4.98. The number of amides is 2. The first-order valence-corrected chi connectivity index (χ1v) is 12.1. The lowest BCUT2D eigenvalue weighted by atomic mass is 10.0. The molecule has 0 heterocycles. The lowest BCUT2D eigenvalue weighted by Crippen LogP contribution is -2.18. The van der Waals surface area contributed by atoms with Gasteiger partial charge in [0.2, 0.25) is 5.91 Å². The average molecular weight is 631 g/mol. The Morgan fingerprint density at radius 3 is 2.23 bits per heavy atom. The van der Waals surface area contributed by atoms with Crippen molar-refractivity contribution in [3.8, 4) is 0 Å². The first-order valence-electron chi connectivity index (χ1n) is 10.6. The van der Waals surface area contributed by atoms with Crippen LogP contribution >= 0.6 is 46.4 Å². The number of halogens is 10. The van der Waals surface area contributed by atoms with E-state index in [4.69, 9.17) is 52.1 Å². The number of hydrogen-bond acceptors (Lipinski definition) is 3. The Morgan fingerprint density at radius 2 is 1.59 bits per heavy atom. The van der Waals surface area contributed by atoms with Gasteiger partial charge in [-0.05, 0) is 48.0 Å². The van der Waals surface area contributed by atoms with Gasteiger partial charge in [-0.3, -0.25) is 9.59 Å². The van der Waals surface area contributed by atoms with E-state index >= 15 is 0 Å². The van der Waals surface area contributed by atoms with E-state index in [9.17, 15) is 35.9 Å². The number of nitrogens with one attached hydrogen (secondary N) is 2. The van der Waals surface area contributed by atoms with E-state index in [1.54, 1.807) is 0 Å². The Labute approximate surface area is 236 Å². The maximum absolute atomic E-state index is 14.2. The van der Waals surface area contributed by atoms with E-state index in [2.05, 4.69) is 10.6 Å². The smallest absolute Gasteiger partial charge is 0.394 e. The molecule has 3 aromatic carbocycles. The fourth-order valence-electron chi connectivity index (χ4n) is 3.92. The number of carbonyl (C=O) groups is 2. The number of alkyl halides is 5. The van der Waals surface area contributed by atoms with Crippen LogP contribution in [0.4, 0.5) is 43.4 Å². The van der Waals surface area contributed by atoms with Crippen molar-refractivity contribution in [1.29, 1.82) is 0 Å². The fourth-order valence-corrected chi connectivity index (χ4v) is 5.16. The molecule has 0 unspecified atom stereocenters. The van der Waals surface area contributed by atoms with Gasteiger partial charge >= 0.3 is 6.18 Å². The Morgan fingerprint density at radius 1 is 0.923 bits per heavy atom. The summed E-state index contributed by atoms with van der Waals surface area (Å²) in [4.78, 5) is 25.6. The monoisotopic (exact) mass is 629 g/mol. The minimum Gasteiger partial charge on any atom is -0.394 e. The second-order valence-corrected chi connectivity index (χ2v) is 10.7. The van der Waals surface area contributed by atoms with Gasteiger partial charge in [0.1, 0.15) is 21.7 Å². The highest BCUT2D eigenvalue weighted by Crippen LogP contribution is 2.65. The number of hydrogen-bond donors (Lipinski definition) is 3. The van der Waals surface area contributed by atoms with Crippen LogP contribution in [-0.2, 0) is 11.0 Å². The SMILES string of the molecule is Nc1c(F)ccc(NC(=O)c2cc(NC(=O)[C@H]3[C@@H](c4cc(F)c(Cl)c(C(F)(F)F)c4)C3(Cl)Cl)ccc2Cl)c1F. The second kappa shape index (κ2) is 10.3. The van der Waals surface area contributed by atoms with E-state index in [0.717, 1.165) is 18.2 Å². The van der Waals surface area contributed by atoms with Gasteiger partial charge < -0.3 is 16.4 Å². The van der Waals surface area contributed by atoms with Gasteiger partial charge in [0.15, 0.2) is 5.82 Å². The molecule has 15 heteroatoms. The van der Waals surface area contributed by atoms with Crippen LogP contribution in [0.1, 0.15) is 27.4 Å². The molecule has 4 rings (SSSR count). The van der Waals surface area contributed by atoms with Crippen molar-refractivity contribution < 1.29 is 35.9 Å². The molecule has 0 spiro atoms. The van der Waals surface area contributed by atoms with Crippen molar-refractivity contribution in [3.05, 3.63) is 86.7 Å². The van der Waals surface area contributed by atoms with E-state index in [1.807, 2.05) is 0 Å². The molecule has 0 radical (unpaired) electrons. The summed E-state index contributed by atoms with van der Waals surface area (Å²) in [5, 5.41) is 3.35. The predicted octanol–water partition coefficient (Wildman–Crippen LogP) is 7.79. The molecule has 3 aromatic rings. The topological polar surface area (TPSA) is 84.2 Å².